The minimum atomic E-state index is -0.376. The van der Waals surface area contributed by atoms with Crippen LogP contribution in [0.2, 0.25) is 0 Å². The van der Waals surface area contributed by atoms with Gasteiger partial charge >= 0.3 is 5.97 Å². The van der Waals surface area contributed by atoms with Crippen molar-refractivity contribution in [1.29, 1.82) is 0 Å². The van der Waals surface area contributed by atoms with Gasteiger partial charge in [-0.3, -0.25) is 0 Å². The van der Waals surface area contributed by atoms with Crippen molar-refractivity contribution >= 4 is 5.97 Å². The maximum absolute atomic E-state index is 11.4. The third-order valence-corrected chi connectivity index (χ3v) is 3.66. The molecule has 2 heteroatoms. The second kappa shape index (κ2) is 6.23. The second-order valence-corrected chi connectivity index (χ2v) is 6.10. The lowest BCUT2D eigenvalue weighted by Crippen LogP contribution is -2.36. The molecule has 0 amide bonds. The predicted molar refractivity (Wildman–Crippen MR) is 72.8 cm³/mol. The van der Waals surface area contributed by atoms with E-state index in [1.165, 1.54) is 6.08 Å². The van der Waals surface area contributed by atoms with Gasteiger partial charge in [-0.05, 0) is 31.1 Å². The third-order valence-electron chi connectivity index (χ3n) is 3.66. The maximum Gasteiger partial charge on any atom is 0.330 e. The molecule has 17 heavy (non-hydrogen) atoms. The zero-order valence-electron chi connectivity index (χ0n) is 12.3. The van der Waals surface area contributed by atoms with Gasteiger partial charge in [0.05, 0.1) is 0 Å². The number of carbonyl (C=O) groups excluding carboxylic acids is 1. The highest BCUT2D eigenvalue weighted by Crippen LogP contribution is 2.37. The molecule has 0 bridgehead atoms. The van der Waals surface area contributed by atoms with Gasteiger partial charge in [-0.1, -0.05) is 47.6 Å². The van der Waals surface area contributed by atoms with Gasteiger partial charge in [0.25, 0.3) is 0 Å². The zero-order chi connectivity index (χ0) is 13.7. The van der Waals surface area contributed by atoms with E-state index in [0.717, 1.165) is 19.3 Å². The van der Waals surface area contributed by atoms with Crippen molar-refractivity contribution in [3.63, 3.8) is 0 Å². The van der Waals surface area contributed by atoms with Crippen molar-refractivity contribution in [1.82, 2.24) is 0 Å². The number of rotatable bonds is 6. The Kier molecular flexibility index (Phi) is 5.94. The van der Waals surface area contributed by atoms with Gasteiger partial charge in [0.15, 0.2) is 0 Å². The standard InChI is InChI=1S/C15H28O2/c1-8-12(14(4,5)6)11-15(7,10-3)17-13(16)9-2/h9,12H,2,8,10-11H2,1,3-7H3. The monoisotopic (exact) mass is 240 g/mol. The van der Waals surface area contributed by atoms with Crippen molar-refractivity contribution in [3.8, 4) is 0 Å². The topological polar surface area (TPSA) is 26.3 Å². The molecule has 0 aliphatic carbocycles. The molecule has 0 fully saturated rings. The molecule has 100 valence electrons. The van der Waals surface area contributed by atoms with E-state index >= 15 is 0 Å². The maximum atomic E-state index is 11.4. The van der Waals surface area contributed by atoms with E-state index in [1.54, 1.807) is 0 Å². The summed E-state index contributed by atoms with van der Waals surface area (Å²) in [5, 5.41) is 0. The minimum Gasteiger partial charge on any atom is -0.456 e. The van der Waals surface area contributed by atoms with Gasteiger partial charge in [0, 0.05) is 6.08 Å². The smallest absolute Gasteiger partial charge is 0.330 e. The Morgan fingerprint density at radius 1 is 1.29 bits per heavy atom. The second-order valence-electron chi connectivity index (χ2n) is 6.10. The molecular weight excluding hydrogens is 212 g/mol. The Hall–Kier alpha value is -0.790. The van der Waals surface area contributed by atoms with Crippen LogP contribution in [-0.2, 0) is 9.53 Å². The number of ether oxygens (including phenoxy) is 1. The fourth-order valence-electron chi connectivity index (χ4n) is 2.13. The summed E-state index contributed by atoms with van der Waals surface area (Å²) in [6, 6.07) is 0. The molecule has 0 radical (unpaired) electrons. The Balaban J connectivity index is 4.76. The van der Waals surface area contributed by atoms with Crippen LogP contribution in [0.1, 0.15) is 60.8 Å². The Morgan fingerprint density at radius 2 is 1.82 bits per heavy atom. The molecular formula is C15H28O2. The summed E-state index contributed by atoms with van der Waals surface area (Å²) in [5.74, 6) is 0.225. The first-order valence-electron chi connectivity index (χ1n) is 6.54. The normalized spacial score (nSPS) is 17.1. The summed E-state index contributed by atoms with van der Waals surface area (Å²) in [7, 11) is 0. The van der Waals surface area contributed by atoms with E-state index in [-0.39, 0.29) is 17.0 Å². The van der Waals surface area contributed by atoms with Crippen LogP contribution in [0.3, 0.4) is 0 Å². The molecule has 0 saturated heterocycles. The third kappa shape index (κ3) is 5.38. The summed E-state index contributed by atoms with van der Waals surface area (Å²) in [6.45, 7) is 16.5. The molecule has 0 N–H and O–H groups in total. The van der Waals surface area contributed by atoms with Crippen LogP contribution < -0.4 is 0 Å². The fraction of sp³-hybridized carbons (Fsp3) is 0.800. The molecule has 0 aromatic carbocycles. The first-order chi connectivity index (χ1) is 7.68. The molecule has 0 aliphatic rings. The summed E-state index contributed by atoms with van der Waals surface area (Å²) in [6.07, 6.45) is 4.08. The van der Waals surface area contributed by atoms with Crippen LogP contribution in [0.4, 0.5) is 0 Å². The van der Waals surface area contributed by atoms with Crippen molar-refractivity contribution in [2.45, 2.75) is 66.4 Å². The number of hydrogen-bond donors (Lipinski definition) is 0. The van der Waals surface area contributed by atoms with Gasteiger partial charge < -0.3 is 4.74 Å². The van der Waals surface area contributed by atoms with E-state index in [4.69, 9.17) is 4.74 Å². The highest BCUT2D eigenvalue weighted by atomic mass is 16.6. The average Bonchev–Trinajstić information content (AvgIpc) is 2.24. The van der Waals surface area contributed by atoms with Crippen molar-refractivity contribution in [2.75, 3.05) is 0 Å². The molecule has 0 aromatic heterocycles. The van der Waals surface area contributed by atoms with E-state index in [2.05, 4.69) is 41.2 Å². The van der Waals surface area contributed by atoms with Crippen LogP contribution in [0.15, 0.2) is 12.7 Å². The van der Waals surface area contributed by atoms with E-state index < -0.39 is 0 Å². The summed E-state index contributed by atoms with van der Waals surface area (Å²) < 4.78 is 5.51. The zero-order valence-corrected chi connectivity index (χ0v) is 12.3. The van der Waals surface area contributed by atoms with E-state index in [1.807, 2.05) is 6.92 Å². The lowest BCUT2D eigenvalue weighted by atomic mass is 9.73. The summed E-state index contributed by atoms with van der Waals surface area (Å²) in [4.78, 5) is 11.4. The summed E-state index contributed by atoms with van der Waals surface area (Å²) in [5.41, 5.74) is -0.134. The Labute approximate surface area is 106 Å². The first kappa shape index (κ1) is 16.2. The molecule has 0 heterocycles. The molecule has 0 aliphatic heterocycles. The van der Waals surface area contributed by atoms with Gasteiger partial charge in [-0.2, -0.15) is 0 Å². The number of hydrogen-bond acceptors (Lipinski definition) is 2. The SMILES string of the molecule is C=CC(=O)OC(C)(CC)CC(CC)C(C)(C)C. The van der Waals surface area contributed by atoms with Crippen molar-refractivity contribution in [2.24, 2.45) is 11.3 Å². The molecule has 2 nitrogen and oxygen atoms in total. The van der Waals surface area contributed by atoms with Crippen LogP contribution in [0, 0.1) is 11.3 Å². The molecule has 0 saturated carbocycles. The van der Waals surface area contributed by atoms with Crippen LogP contribution in [-0.4, -0.2) is 11.6 Å². The lowest BCUT2D eigenvalue weighted by Gasteiger charge is -2.37. The summed E-state index contributed by atoms with van der Waals surface area (Å²) >= 11 is 0. The largest absolute Gasteiger partial charge is 0.456 e. The molecule has 0 spiro atoms. The average molecular weight is 240 g/mol. The molecule has 2 unspecified atom stereocenters. The van der Waals surface area contributed by atoms with Gasteiger partial charge in [0.2, 0.25) is 0 Å². The van der Waals surface area contributed by atoms with E-state index in [0.29, 0.717) is 5.92 Å². The number of esters is 1. The first-order valence-corrected chi connectivity index (χ1v) is 6.54. The van der Waals surface area contributed by atoms with Crippen LogP contribution in [0.5, 0.6) is 0 Å². The Morgan fingerprint density at radius 3 is 2.12 bits per heavy atom. The van der Waals surface area contributed by atoms with Crippen molar-refractivity contribution in [3.05, 3.63) is 12.7 Å². The highest BCUT2D eigenvalue weighted by Gasteiger charge is 2.34. The van der Waals surface area contributed by atoms with Crippen LogP contribution in [0.25, 0.3) is 0 Å². The molecule has 2 atom stereocenters. The molecule has 0 aromatic rings. The van der Waals surface area contributed by atoms with Gasteiger partial charge in [-0.15, -0.1) is 0 Å². The quantitative estimate of drug-likeness (QED) is 0.510. The lowest BCUT2D eigenvalue weighted by molar-refractivity contribution is -0.155. The fourth-order valence-corrected chi connectivity index (χ4v) is 2.13. The van der Waals surface area contributed by atoms with Gasteiger partial charge in [-0.25, -0.2) is 4.79 Å². The Bertz CT molecular complexity index is 263. The molecule has 0 rings (SSSR count). The van der Waals surface area contributed by atoms with Gasteiger partial charge in [0.1, 0.15) is 5.60 Å². The minimum absolute atomic E-state index is 0.242. The van der Waals surface area contributed by atoms with E-state index in [9.17, 15) is 4.79 Å². The highest BCUT2D eigenvalue weighted by molar-refractivity contribution is 5.81. The predicted octanol–water partition coefficient (Wildman–Crippen LogP) is 4.35. The van der Waals surface area contributed by atoms with Crippen LogP contribution >= 0.6 is 0 Å². The van der Waals surface area contributed by atoms with Crippen molar-refractivity contribution < 1.29 is 9.53 Å². The number of carbonyl (C=O) groups is 1.